The molecule has 10 nitrogen and oxygen atoms in total. The Balaban J connectivity index is 2.30. The first kappa shape index (κ1) is 22.7. The third-order valence-corrected chi connectivity index (χ3v) is 3.74. The molecule has 0 unspecified atom stereocenters. The summed E-state index contributed by atoms with van der Waals surface area (Å²) in [5.74, 6) is 0. The summed E-state index contributed by atoms with van der Waals surface area (Å²) in [7, 11) is 0. The van der Waals surface area contributed by atoms with E-state index in [0.29, 0.717) is 0 Å². The minimum absolute atomic E-state index is 0.0681. The second kappa shape index (κ2) is 10.3. The highest BCUT2D eigenvalue weighted by atomic mass is 16.6. The number of hydrogen-bond acceptors (Lipinski definition) is 6. The number of benzene rings is 1. The predicted molar refractivity (Wildman–Crippen MR) is 109 cm³/mol. The number of ether oxygens (including phenoxy) is 2. The van der Waals surface area contributed by atoms with E-state index in [1.54, 1.807) is 52.0 Å². The highest BCUT2D eigenvalue weighted by Gasteiger charge is 2.22. The molecule has 0 spiro atoms. The van der Waals surface area contributed by atoms with E-state index in [9.17, 15) is 19.2 Å². The standard InChI is InChI=1S/C20H26N4O6/c1-14(2)29-18(26)21-24(20(28)30-15(3)4)13-22-11-10-17(25)23(19(22)27)12-16-8-6-5-7-9-16/h5-11,14-15H,12-13H2,1-4H3,(H,21,26). The summed E-state index contributed by atoms with van der Waals surface area (Å²) in [6.45, 7) is 6.29. The minimum Gasteiger partial charge on any atom is -0.446 e. The van der Waals surface area contributed by atoms with Gasteiger partial charge in [-0.2, -0.15) is 5.01 Å². The van der Waals surface area contributed by atoms with E-state index in [4.69, 9.17) is 9.47 Å². The van der Waals surface area contributed by atoms with Crippen LogP contribution >= 0.6 is 0 Å². The Morgan fingerprint density at radius 2 is 1.63 bits per heavy atom. The lowest BCUT2D eigenvalue weighted by atomic mass is 10.2. The Labute approximate surface area is 173 Å². The van der Waals surface area contributed by atoms with Crippen molar-refractivity contribution in [3.8, 4) is 0 Å². The number of carbonyl (C=O) groups is 2. The van der Waals surface area contributed by atoms with Gasteiger partial charge in [-0.15, -0.1) is 0 Å². The van der Waals surface area contributed by atoms with E-state index >= 15 is 0 Å². The molecule has 0 saturated heterocycles. The Morgan fingerprint density at radius 1 is 1.00 bits per heavy atom. The summed E-state index contributed by atoms with van der Waals surface area (Å²) in [6.07, 6.45) is -1.37. The van der Waals surface area contributed by atoms with Crippen LogP contribution in [-0.2, 0) is 22.7 Å². The summed E-state index contributed by atoms with van der Waals surface area (Å²) in [4.78, 5) is 49.4. The van der Waals surface area contributed by atoms with Gasteiger partial charge in [-0.1, -0.05) is 30.3 Å². The number of hydrazine groups is 1. The molecule has 0 radical (unpaired) electrons. The van der Waals surface area contributed by atoms with Crippen molar-refractivity contribution in [3.63, 3.8) is 0 Å². The second-order valence-electron chi connectivity index (χ2n) is 7.05. The monoisotopic (exact) mass is 418 g/mol. The van der Waals surface area contributed by atoms with Gasteiger partial charge in [0.15, 0.2) is 0 Å². The van der Waals surface area contributed by atoms with Crippen LogP contribution in [0.1, 0.15) is 33.3 Å². The molecule has 1 heterocycles. The van der Waals surface area contributed by atoms with Crippen molar-refractivity contribution >= 4 is 12.2 Å². The molecule has 10 heteroatoms. The topological polar surface area (TPSA) is 112 Å². The fourth-order valence-corrected chi connectivity index (χ4v) is 2.48. The first-order valence-corrected chi connectivity index (χ1v) is 9.47. The number of hydrogen-bond donors (Lipinski definition) is 1. The van der Waals surface area contributed by atoms with Crippen LogP contribution in [0, 0.1) is 0 Å². The highest BCUT2D eigenvalue weighted by molar-refractivity contribution is 5.73. The van der Waals surface area contributed by atoms with Gasteiger partial charge in [0.25, 0.3) is 5.56 Å². The molecule has 0 aliphatic heterocycles. The molecule has 0 bridgehead atoms. The SMILES string of the molecule is CC(C)OC(=O)NN(Cn1ccc(=O)n(Cc2ccccc2)c1=O)C(=O)OC(C)C. The summed E-state index contributed by atoms with van der Waals surface area (Å²) in [5.41, 5.74) is 1.90. The fourth-order valence-electron chi connectivity index (χ4n) is 2.48. The van der Waals surface area contributed by atoms with Gasteiger partial charge in [-0.3, -0.25) is 13.9 Å². The number of amides is 2. The van der Waals surface area contributed by atoms with Crippen molar-refractivity contribution in [2.45, 2.75) is 53.1 Å². The average molecular weight is 418 g/mol. The summed E-state index contributed by atoms with van der Waals surface area (Å²) in [5, 5.41) is 0.809. The Kier molecular flexibility index (Phi) is 7.79. The first-order valence-electron chi connectivity index (χ1n) is 9.47. The molecule has 0 fully saturated rings. The van der Waals surface area contributed by atoms with E-state index in [-0.39, 0.29) is 13.2 Å². The minimum atomic E-state index is -0.878. The molecule has 2 aromatic rings. The first-order chi connectivity index (χ1) is 14.2. The molecule has 0 aliphatic carbocycles. The molecule has 1 aromatic heterocycles. The van der Waals surface area contributed by atoms with Gasteiger partial charge in [0, 0.05) is 12.3 Å². The summed E-state index contributed by atoms with van der Waals surface area (Å²) in [6, 6.07) is 10.2. The van der Waals surface area contributed by atoms with Crippen LogP contribution in [0.15, 0.2) is 52.2 Å². The van der Waals surface area contributed by atoms with Crippen molar-refractivity contribution in [2.24, 2.45) is 0 Å². The second-order valence-corrected chi connectivity index (χ2v) is 7.05. The quantitative estimate of drug-likeness (QED) is 0.718. The molecule has 2 amide bonds. The normalized spacial score (nSPS) is 10.7. The molecule has 162 valence electrons. The van der Waals surface area contributed by atoms with E-state index in [0.717, 1.165) is 19.7 Å². The molecule has 0 atom stereocenters. The van der Waals surface area contributed by atoms with Gasteiger partial charge >= 0.3 is 17.9 Å². The molecule has 2 rings (SSSR count). The van der Waals surface area contributed by atoms with Gasteiger partial charge < -0.3 is 9.47 Å². The van der Waals surface area contributed by atoms with Crippen LogP contribution in [0.25, 0.3) is 0 Å². The Bertz CT molecular complexity index is 981. The van der Waals surface area contributed by atoms with E-state index < -0.39 is 35.6 Å². The van der Waals surface area contributed by atoms with Gasteiger partial charge in [-0.05, 0) is 33.3 Å². The lowest BCUT2D eigenvalue weighted by molar-refractivity contribution is 0.0355. The van der Waals surface area contributed by atoms with Crippen molar-refractivity contribution in [3.05, 3.63) is 69.0 Å². The maximum absolute atomic E-state index is 12.8. The summed E-state index contributed by atoms with van der Waals surface area (Å²) < 4.78 is 12.2. The highest BCUT2D eigenvalue weighted by Crippen LogP contribution is 2.01. The van der Waals surface area contributed by atoms with Crippen molar-refractivity contribution in [1.82, 2.24) is 19.6 Å². The van der Waals surface area contributed by atoms with Crippen LogP contribution in [0.5, 0.6) is 0 Å². The average Bonchev–Trinajstić information content (AvgIpc) is 2.66. The van der Waals surface area contributed by atoms with Gasteiger partial charge in [-0.25, -0.2) is 19.8 Å². The number of aromatic nitrogens is 2. The lowest BCUT2D eigenvalue weighted by Gasteiger charge is -2.24. The number of nitrogens with zero attached hydrogens (tertiary/aromatic N) is 3. The third-order valence-electron chi connectivity index (χ3n) is 3.74. The van der Waals surface area contributed by atoms with E-state index in [1.807, 2.05) is 6.07 Å². The van der Waals surface area contributed by atoms with Crippen LogP contribution in [0.3, 0.4) is 0 Å². The molecule has 1 aromatic carbocycles. The zero-order valence-electron chi connectivity index (χ0n) is 17.4. The van der Waals surface area contributed by atoms with Gasteiger partial charge in [0.2, 0.25) is 0 Å². The van der Waals surface area contributed by atoms with Gasteiger partial charge in [0.1, 0.15) is 6.67 Å². The molecule has 30 heavy (non-hydrogen) atoms. The predicted octanol–water partition coefficient (Wildman–Crippen LogP) is 1.91. The van der Waals surface area contributed by atoms with Crippen LogP contribution < -0.4 is 16.7 Å². The molecule has 1 N–H and O–H groups in total. The largest absolute Gasteiger partial charge is 0.446 e. The Morgan fingerprint density at radius 3 is 2.23 bits per heavy atom. The lowest BCUT2D eigenvalue weighted by Crippen LogP contribution is -2.51. The smallest absolute Gasteiger partial charge is 0.430 e. The van der Waals surface area contributed by atoms with E-state index in [1.165, 1.54) is 12.3 Å². The Hall–Kier alpha value is -3.56. The van der Waals surface area contributed by atoms with Crippen LogP contribution in [-0.4, -0.2) is 38.5 Å². The summed E-state index contributed by atoms with van der Waals surface area (Å²) >= 11 is 0. The van der Waals surface area contributed by atoms with Gasteiger partial charge in [0.05, 0.1) is 18.8 Å². The van der Waals surface area contributed by atoms with Crippen molar-refractivity contribution in [2.75, 3.05) is 0 Å². The molecular formula is C20H26N4O6. The number of carbonyl (C=O) groups excluding carboxylic acids is 2. The maximum Gasteiger partial charge on any atom is 0.430 e. The molecule has 0 aliphatic rings. The fraction of sp³-hybridized carbons (Fsp3) is 0.400. The third kappa shape index (κ3) is 6.50. The van der Waals surface area contributed by atoms with Crippen LogP contribution in [0.4, 0.5) is 9.59 Å². The maximum atomic E-state index is 12.8. The van der Waals surface area contributed by atoms with Crippen molar-refractivity contribution in [1.29, 1.82) is 0 Å². The molecule has 0 saturated carbocycles. The van der Waals surface area contributed by atoms with Crippen molar-refractivity contribution < 1.29 is 19.1 Å². The van der Waals surface area contributed by atoms with Crippen LogP contribution in [0.2, 0.25) is 0 Å². The number of rotatable bonds is 6. The zero-order valence-corrected chi connectivity index (χ0v) is 17.4. The molecular weight excluding hydrogens is 392 g/mol. The zero-order chi connectivity index (χ0) is 22.3. The van der Waals surface area contributed by atoms with E-state index in [2.05, 4.69) is 5.43 Å². The number of nitrogens with one attached hydrogen (secondary N) is 1.